The van der Waals surface area contributed by atoms with Crippen LogP contribution < -0.4 is 9.47 Å². The highest BCUT2D eigenvalue weighted by Gasteiger charge is 2.33. The fourth-order valence-corrected chi connectivity index (χ4v) is 4.64. The zero-order chi connectivity index (χ0) is 24.8. The van der Waals surface area contributed by atoms with Crippen molar-refractivity contribution >= 4 is 34.6 Å². The first-order valence-corrected chi connectivity index (χ1v) is 12.5. The molecule has 5 nitrogen and oxygen atoms in total. The van der Waals surface area contributed by atoms with E-state index in [2.05, 4.69) is 13.8 Å². The molecule has 35 heavy (non-hydrogen) atoms. The lowest BCUT2D eigenvalue weighted by atomic mass is 10.1. The lowest BCUT2D eigenvalue weighted by Crippen LogP contribution is -2.32. The highest BCUT2D eigenvalue weighted by atomic mass is 32.2. The normalized spacial score (nSPS) is 15.9. The summed E-state index contributed by atoms with van der Waals surface area (Å²) < 4.78 is 11.5. The number of aliphatic imine (C=N–C) groups is 1. The van der Waals surface area contributed by atoms with E-state index in [1.807, 2.05) is 85.8 Å². The van der Waals surface area contributed by atoms with Crippen molar-refractivity contribution < 1.29 is 14.3 Å². The van der Waals surface area contributed by atoms with Crippen LogP contribution in [0.5, 0.6) is 11.5 Å². The zero-order valence-corrected chi connectivity index (χ0v) is 21.3. The van der Waals surface area contributed by atoms with Gasteiger partial charge in [-0.15, -0.1) is 0 Å². The average Bonchev–Trinajstić information content (AvgIpc) is 3.13. The quantitative estimate of drug-likeness (QED) is 0.327. The van der Waals surface area contributed by atoms with E-state index in [0.29, 0.717) is 40.6 Å². The van der Waals surface area contributed by atoms with E-state index in [1.165, 1.54) is 17.3 Å². The Balaban J connectivity index is 1.57. The summed E-state index contributed by atoms with van der Waals surface area (Å²) in [6.45, 7) is 7.31. The molecule has 0 saturated carbocycles. The fourth-order valence-electron chi connectivity index (χ4n) is 3.63. The van der Waals surface area contributed by atoms with Gasteiger partial charge in [0.2, 0.25) is 0 Å². The van der Waals surface area contributed by atoms with E-state index in [-0.39, 0.29) is 5.91 Å². The van der Waals surface area contributed by atoms with Crippen LogP contribution in [-0.2, 0) is 11.4 Å². The van der Waals surface area contributed by atoms with E-state index in [9.17, 15) is 4.79 Å². The van der Waals surface area contributed by atoms with Crippen LogP contribution in [0.25, 0.3) is 6.08 Å². The number of nitrogens with zero attached hydrogens (tertiary/aromatic N) is 2. The zero-order valence-electron chi connectivity index (χ0n) is 20.5. The highest BCUT2D eigenvalue weighted by molar-refractivity contribution is 8.18. The van der Waals surface area contributed by atoms with Crippen molar-refractivity contribution in [1.29, 1.82) is 0 Å². The minimum absolute atomic E-state index is 0.0297. The van der Waals surface area contributed by atoms with E-state index < -0.39 is 0 Å². The Bertz CT molecular complexity index is 1230. The van der Waals surface area contributed by atoms with Crippen LogP contribution in [0.2, 0.25) is 0 Å². The molecule has 1 amide bonds. The maximum absolute atomic E-state index is 13.3. The van der Waals surface area contributed by atoms with Gasteiger partial charge in [0.25, 0.3) is 5.91 Å². The Morgan fingerprint density at radius 1 is 1.00 bits per heavy atom. The molecule has 0 radical (unpaired) electrons. The van der Waals surface area contributed by atoms with Crippen LogP contribution in [0.1, 0.15) is 30.5 Å². The van der Waals surface area contributed by atoms with Gasteiger partial charge in [-0.1, -0.05) is 67.9 Å². The molecular formula is C29H30N2O3S. The molecule has 1 aliphatic heterocycles. The van der Waals surface area contributed by atoms with Crippen molar-refractivity contribution in [3.05, 3.63) is 94.4 Å². The highest BCUT2D eigenvalue weighted by Crippen LogP contribution is 2.36. The first-order chi connectivity index (χ1) is 16.9. The second-order valence-corrected chi connectivity index (χ2v) is 9.84. The predicted octanol–water partition coefficient (Wildman–Crippen LogP) is 6.84. The first-order valence-electron chi connectivity index (χ1n) is 11.6. The van der Waals surface area contributed by atoms with Gasteiger partial charge in [0.15, 0.2) is 16.7 Å². The number of hydrogen-bond acceptors (Lipinski definition) is 5. The largest absolute Gasteiger partial charge is 0.493 e. The van der Waals surface area contributed by atoms with Crippen LogP contribution in [0.15, 0.2) is 82.7 Å². The molecule has 180 valence electrons. The molecule has 3 aromatic carbocycles. The number of benzene rings is 3. The maximum Gasteiger partial charge on any atom is 0.266 e. The summed E-state index contributed by atoms with van der Waals surface area (Å²) in [5.41, 5.74) is 3.96. The molecule has 0 aromatic heterocycles. The van der Waals surface area contributed by atoms with Gasteiger partial charge >= 0.3 is 0 Å². The molecule has 0 spiro atoms. The molecule has 0 unspecified atom stereocenters. The molecule has 4 rings (SSSR count). The van der Waals surface area contributed by atoms with Crippen molar-refractivity contribution in [3.63, 3.8) is 0 Å². The second kappa shape index (κ2) is 11.3. The number of hydrogen-bond donors (Lipinski definition) is 0. The third-order valence-corrected chi connectivity index (χ3v) is 6.42. The summed E-state index contributed by atoms with van der Waals surface area (Å²) in [6.07, 6.45) is 1.89. The Hall–Kier alpha value is -3.51. The van der Waals surface area contributed by atoms with Gasteiger partial charge < -0.3 is 9.47 Å². The number of aryl methyl sites for hydroxylation is 1. The summed E-state index contributed by atoms with van der Waals surface area (Å²) in [5, 5.41) is 0.702. The van der Waals surface area contributed by atoms with E-state index >= 15 is 0 Å². The maximum atomic E-state index is 13.3. The molecule has 6 heteroatoms. The van der Waals surface area contributed by atoms with Crippen molar-refractivity contribution in [2.75, 3.05) is 13.7 Å². The molecule has 0 atom stereocenters. The number of methoxy groups -OCH3 is 1. The van der Waals surface area contributed by atoms with E-state index in [4.69, 9.17) is 14.5 Å². The van der Waals surface area contributed by atoms with Crippen LogP contribution in [0.3, 0.4) is 0 Å². The van der Waals surface area contributed by atoms with Gasteiger partial charge in [0, 0.05) is 6.54 Å². The molecule has 0 aliphatic carbocycles. The lowest BCUT2D eigenvalue weighted by molar-refractivity contribution is -0.122. The molecule has 1 heterocycles. The molecular weight excluding hydrogens is 456 g/mol. The summed E-state index contributed by atoms with van der Waals surface area (Å²) in [7, 11) is 1.62. The summed E-state index contributed by atoms with van der Waals surface area (Å²) in [6, 6.07) is 23.7. The number of amides is 1. The van der Waals surface area contributed by atoms with Crippen molar-refractivity contribution in [2.45, 2.75) is 27.4 Å². The summed E-state index contributed by atoms with van der Waals surface area (Å²) in [4.78, 5) is 20.5. The Labute approximate surface area is 211 Å². The molecule has 1 saturated heterocycles. The minimum Gasteiger partial charge on any atom is -0.493 e. The van der Waals surface area contributed by atoms with Crippen LogP contribution >= 0.6 is 11.8 Å². The third kappa shape index (κ3) is 6.34. The summed E-state index contributed by atoms with van der Waals surface area (Å²) >= 11 is 1.40. The topological polar surface area (TPSA) is 51.1 Å². The van der Waals surface area contributed by atoms with Crippen LogP contribution in [0.4, 0.5) is 5.69 Å². The number of thioether (sulfide) groups is 1. The van der Waals surface area contributed by atoms with E-state index in [0.717, 1.165) is 16.8 Å². The first kappa shape index (κ1) is 24.6. The van der Waals surface area contributed by atoms with E-state index in [1.54, 1.807) is 12.0 Å². The number of ether oxygens (including phenoxy) is 2. The monoisotopic (exact) mass is 486 g/mol. The second-order valence-electron chi connectivity index (χ2n) is 8.83. The van der Waals surface area contributed by atoms with Gasteiger partial charge in [-0.05, 0) is 66.1 Å². The fraction of sp³-hybridized carbons (Fsp3) is 0.241. The van der Waals surface area contributed by atoms with Gasteiger partial charge in [-0.3, -0.25) is 9.69 Å². The molecule has 0 bridgehead atoms. The van der Waals surface area contributed by atoms with Crippen molar-refractivity contribution in [3.8, 4) is 11.5 Å². The number of rotatable bonds is 8. The van der Waals surface area contributed by atoms with Gasteiger partial charge in [0.05, 0.1) is 17.7 Å². The molecule has 3 aromatic rings. The average molecular weight is 487 g/mol. The van der Waals surface area contributed by atoms with Crippen LogP contribution in [-0.4, -0.2) is 29.6 Å². The third-order valence-electron chi connectivity index (χ3n) is 5.42. The SMILES string of the molecule is COc1cc(/C=C2/SC(=Nc3ccc(C)cc3)N(CC(C)C)C2=O)ccc1OCc1ccccc1. The smallest absolute Gasteiger partial charge is 0.266 e. The van der Waals surface area contributed by atoms with Crippen molar-refractivity contribution in [2.24, 2.45) is 10.9 Å². The van der Waals surface area contributed by atoms with Gasteiger partial charge in [-0.25, -0.2) is 4.99 Å². The predicted molar refractivity (Wildman–Crippen MR) is 144 cm³/mol. The van der Waals surface area contributed by atoms with Crippen molar-refractivity contribution in [1.82, 2.24) is 4.90 Å². The Kier molecular flexibility index (Phi) is 7.93. The van der Waals surface area contributed by atoms with Gasteiger partial charge in [-0.2, -0.15) is 0 Å². The summed E-state index contributed by atoms with van der Waals surface area (Å²) in [5.74, 6) is 1.58. The lowest BCUT2D eigenvalue weighted by Gasteiger charge is -2.17. The molecule has 1 aliphatic rings. The van der Waals surface area contributed by atoms with Crippen LogP contribution in [0, 0.1) is 12.8 Å². The number of amidine groups is 1. The Morgan fingerprint density at radius 3 is 2.43 bits per heavy atom. The minimum atomic E-state index is -0.0297. The molecule has 1 fully saturated rings. The number of carbonyl (C=O) groups excluding carboxylic acids is 1. The van der Waals surface area contributed by atoms with Gasteiger partial charge in [0.1, 0.15) is 6.61 Å². The molecule has 0 N–H and O–H groups in total. The number of carbonyl (C=O) groups is 1. The Morgan fingerprint density at radius 2 is 1.74 bits per heavy atom. The standard InChI is InChI=1S/C29H30N2O3S/c1-20(2)18-31-28(32)27(35-29(31)30-24-13-10-21(3)11-14-24)17-23-12-15-25(26(16-23)33-4)34-19-22-8-6-5-7-9-22/h5-17,20H,18-19H2,1-4H3/b27-17+,30-29?.